The normalized spacial score (nSPS) is 24.3. The van der Waals surface area contributed by atoms with Crippen molar-refractivity contribution in [3.05, 3.63) is 23.2 Å². The molecule has 98 valence electrons. The smallest absolute Gasteiger partial charge is 0.497 e. The Morgan fingerprint density at radius 3 is 2.39 bits per heavy atom. The zero-order valence-electron chi connectivity index (χ0n) is 13.9. The van der Waals surface area contributed by atoms with E-state index in [2.05, 4.69) is 0 Å². The summed E-state index contributed by atoms with van der Waals surface area (Å²) in [6, 6.07) is 4.68. The molecule has 1 aromatic carbocycles. The molecule has 0 aromatic heterocycles. The first-order valence-corrected chi connectivity index (χ1v) is 6.13. The number of halogens is 1. The summed E-state index contributed by atoms with van der Waals surface area (Å²) in [6.45, 7) is 7.67. The summed E-state index contributed by atoms with van der Waals surface area (Å²) in [6.07, 6.45) is 0. The van der Waals surface area contributed by atoms with E-state index in [1.165, 1.54) is 6.07 Å². The lowest BCUT2D eigenvalue weighted by Gasteiger charge is -2.32. The van der Waals surface area contributed by atoms with Crippen molar-refractivity contribution in [3.63, 3.8) is 0 Å². The van der Waals surface area contributed by atoms with E-state index in [4.69, 9.17) is 29.8 Å². The van der Waals surface area contributed by atoms with Gasteiger partial charge in [0.15, 0.2) is 0 Å². The van der Waals surface area contributed by atoms with Crippen molar-refractivity contribution in [2.24, 2.45) is 0 Å². The Hall–Kier alpha value is -0.705. The minimum absolute atomic E-state index is 0.179. The summed E-state index contributed by atoms with van der Waals surface area (Å²) in [5, 5.41) is 0.456. The molecule has 1 fully saturated rings. The minimum atomic E-state index is -2.55. The first-order chi connectivity index (χ1) is 9.41. The van der Waals surface area contributed by atoms with Crippen LogP contribution in [0.1, 0.15) is 31.8 Å². The van der Waals surface area contributed by atoms with Gasteiger partial charge in [0.05, 0.1) is 22.4 Å². The second-order valence-electron chi connectivity index (χ2n) is 5.37. The van der Waals surface area contributed by atoms with Crippen molar-refractivity contribution in [3.8, 4) is 5.75 Å². The quantitative estimate of drug-likeness (QED) is 0.774. The maximum Gasteiger partial charge on any atom is 0.498 e. The van der Waals surface area contributed by atoms with Gasteiger partial charge in [-0.15, -0.1) is 0 Å². The molecule has 1 saturated heterocycles. The summed E-state index contributed by atoms with van der Waals surface area (Å²) in [7, 11) is -3.28. The van der Waals surface area contributed by atoms with Crippen LogP contribution in [0.4, 0.5) is 0 Å². The maximum absolute atomic E-state index is 7.24. The Morgan fingerprint density at radius 1 is 1.22 bits per heavy atom. The average molecular weight is 272 g/mol. The monoisotopic (exact) mass is 271 g/mol. The van der Waals surface area contributed by atoms with E-state index >= 15 is 0 Å². The largest absolute Gasteiger partial charge is 0.498 e. The molecule has 0 atom stereocenters. The molecule has 1 aliphatic rings. The van der Waals surface area contributed by atoms with Gasteiger partial charge in [0.1, 0.15) is 5.75 Å². The molecule has 1 aromatic rings. The van der Waals surface area contributed by atoms with Crippen LogP contribution in [-0.2, 0) is 9.31 Å². The molecule has 0 amide bonds. The van der Waals surface area contributed by atoms with E-state index in [1.807, 2.05) is 27.7 Å². The van der Waals surface area contributed by atoms with Gasteiger partial charge in [-0.05, 0) is 45.9 Å². The van der Waals surface area contributed by atoms with E-state index in [-0.39, 0.29) is 5.75 Å². The van der Waals surface area contributed by atoms with Gasteiger partial charge in [0.25, 0.3) is 0 Å². The average Bonchev–Trinajstić information content (AvgIpc) is 2.49. The van der Waals surface area contributed by atoms with Gasteiger partial charge < -0.3 is 14.0 Å². The molecule has 3 nitrogen and oxygen atoms in total. The topological polar surface area (TPSA) is 27.7 Å². The van der Waals surface area contributed by atoms with Crippen molar-refractivity contribution in [2.75, 3.05) is 7.04 Å². The predicted octanol–water partition coefficient (Wildman–Crippen LogP) is 2.65. The standard InChI is InChI=1S/C13H18BClO3/c1-12(2)13(3,4)18-14(17-12)10-8-9(15)6-7-11(10)16-5/h6-8H,1-5H3/i5D3. The second kappa shape index (κ2) is 4.44. The van der Waals surface area contributed by atoms with Crippen LogP contribution < -0.4 is 10.2 Å². The molecular formula is C13H18BClO3. The zero-order chi connectivity index (χ0) is 16.1. The Bertz CT molecular complexity index is 530. The molecule has 2 rings (SSSR count). The van der Waals surface area contributed by atoms with Crippen molar-refractivity contribution in [1.82, 2.24) is 0 Å². The molecular weight excluding hydrogens is 250 g/mol. The van der Waals surface area contributed by atoms with Crippen LogP contribution in [0, 0.1) is 0 Å². The summed E-state index contributed by atoms with van der Waals surface area (Å²) in [5.41, 5.74) is -0.591. The minimum Gasteiger partial charge on any atom is -0.497 e. The summed E-state index contributed by atoms with van der Waals surface area (Å²) < 4.78 is 38.6. The number of benzene rings is 1. The van der Waals surface area contributed by atoms with Gasteiger partial charge in [-0.2, -0.15) is 0 Å². The van der Waals surface area contributed by atoms with E-state index in [0.29, 0.717) is 10.5 Å². The van der Waals surface area contributed by atoms with E-state index in [0.717, 1.165) is 0 Å². The summed E-state index contributed by atoms with van der Waals surface area (Å²) in [5.74, 6) is 0.179. The molecule has 0 spiro atoms. The molecule has 0 unspecified atom stereocenters. The lowest BCUT2D eigenvalue weighted by atomic mass is 9.78. The number of hydrogen-bond acceptors (Lipinski definition) is 3. The van der Waals surface area contributed by atoms with Crippen LogP contribution >= 0.6 is 11.6 Å². The van der Waals surface area contributed by atoms with Crippen LogP contribution in [0.25, 0.3) is 0 Å². The van der Waals surface area contributed by atoms with Gasteiger partial charge in [-0.3, -0.25) is 0 Å². The van der Waals surface area contributed by atoms with Crippen molar-refractivity contribution >= 4 is 24.2 Å². The highest BCUT2D eigenvalue weighted by molar-refractivity contribution is 6.63. The Kier molecular flexibility index (Phi) is 2.50. The SMILES string of the molecule is [2H]C([2H])([2H])Oc1ccc(Cl)cc1B1OC(C)(C)C(C)(C)O1. The second-order valence-corrected chi connectivity index (χ2v) is 5.81. The maximum atomic E-state index is 7.24. The fraction of sp³-hybridized carbons (Fsp3) is 0.538. The third-order valence-corrected chi connectivity index (χ3v) is 3.82. The molecule has 18 heavy (non-hydrogen) atoms. The van der Waals surface area contributed by atoms with Crippen LogP contribution in [0.3, 0.4) is 0 Å². The lowest BCUT2D eigenvalue weighted by molar-refractivity contribution is 0.00578. The van der Waals surface area contributed by atoms with Crippen molar-refractivity contribution in [1.29, 1.82) is 0 Å². The number of hydrogen-bond donors (Lipinski definition) is 0. The first-order valence-electron chi connectivity index (χ1n) is 7.25. The fourth-order valence-electron chi connectivity index (χ4n) is 1.77. The van der Waals surface area contributed by atoms with Gasteiger partial charge in [-0.25, -0.2) is 0 Å². The molecule has 0 aliphatic carbocycles. The Morgan fingerprint density at radius 2 is 1.83 bits per heavy atom. The van der Waals surface area contributed by atoms with Crippen molar-refractivity contribution in [2.45, 2.75) is 38.9 Å². The summed E-state index contributed by atoms with van der Waals surface area (Å²) in [4.78, 5) is 0. The Labute approximate surface area is 118 Å². The fourth-order valence-corrected chi connectivity index (χ4v) is 1.95. The lowest BCUT2D eigenvalue weighted by Crippen LogP contribution is -2.41. The molecule has 0 radical (unpaired) electrons. The Balaban J connectivity index is 2.38. The molecule has 5 heteroatoms. The highest BCUT2D eigenvalue weighted by Gasteiger charge is 2.52. The molecule has 1 aliphatic heterocycles. The van der Waals surface area contributed by atoms with E-state index < -0.39 is 25.4 Å². The molecule has 0 saturated carbocycles. The molecule has 0 N–H and O–H groups in total. The molecule has 0 bridgehead atoms. The molecule has 1 heterocycles. The first kappa shape index (κ1) is 10.1. The third-order valence-electron chi connectivity index (χ3n) is 3.59. The zero-order valence-corrected chi connectivity index (χ0v) is 11.7. The predicted molar refractivity (Wildman–Crippen MR) is 73.7 cm³/mol. The number of methoxy groups -OCH3 is 1. The van der Waals surface area contributed by atoms with Gasteiger partial charge in [0.2, 0.25) is 0 Å². The van der Waals surface area contributed by atoms with Crippen LogP contribution in [0.5, 0.6) is 5.75 Å². The van der Waals surface area contributed by atoms with Gasteiger partial charge in [-0.1, -0.05) is 11.6 Å². The van der Waals surface area contributed by atoms with Gasteiger partial charge in [0, 0.05) is 10.5 Å². The van der Waals surface area contributed by atoms with E-state index in [1.54, 1.807) is 12.1 Å². The van der Waals surface area contributed by atoms with Gasteiger partial charge >= 0.3 is 7.12 Å². The van der Waals surface area contributed by atoms with Crippen LogP contribution in [0.2, 0.25) is 5.02 Å². The highest BCUT2D eigenvalue weighted by Crippen LogP contribution is 2.37. The van der Waals surface area contributed by atoms with E-state index in [9.17, 15) is 0 Å². The van der Waals surface area contributed by atoms with Crippen LogP contribution in [0.15, 0.2) is 18.2 Å². The van der Waals surface area contributed by atoms with Crippen LogP contribution in [-0.4, -0.2) is 25.4 Å². The highest BCUT2D eigenvalue weighted by atomic mass is 35.5. The number of ether oxygens (including phenoxy) is 1. The summed E-state index contributed by atoms with van der Waals surface area (Å²) >= 11 is 6.00. The van der Waals surface area contributed by atoms with Crippen molar-refractivity contribution < 1.29 is 18.2 Å². The third kappa shape index (κ3) is 2.25. The number of rotatable bonds is 2.